The minimum atomic E-state index is -1.52. The normalized spacial score (nSPS) is 17.1. The lowest BCUT2D eigenvalue weighted by atomic mass is 9.81. The molecule has 0 bridgehead atoms. The van der Waals surface area contributed by atoms with E-state index in [0.29, 0.717) is 184 Å². The molecule has 3 heterocycles. The molecule has 1 fully saturated rings. The average Bonchev–Trinajstić information content (AvgIpc) is 1.39. The smallest absolute Gasteiger partial charge is 0.416 e. The minimum Gasteiger partial charge on any atom is -0.493 e. The quantitative estimate of drug-likeness (QED) is 0.0174. The van der Waals surface area contributed by atoms with Crippen LogP contribution in [0.25, 0.3) is 0 Å². The molecule has 6 N–H and O–H groups in total. The molecule has 115 heavy (non-hydrogen) atoms. The number of aliphatic hydroxyl groups is 1. The van der Waals surface area contributed by atoms with Crippen LogP contribution in [0.3, 0.4) is 0 Å². The standard InChI is InChI=1S/C84H125N9O22/c1-58(2)79(90-77(96)25-30-105-32-34-107-36-38-109-40-42-111-44-45-112-43-41-110-39-37-108-35-33-106-31-27-86-76(95)24-26-85-78(97)49-61(5)65-18-14-11-10-12-15-19-65)81(99)88-63(7)80(98)89-66-22-20-64(21-23-66)56-115-84(102)93-70-52-75(73(104-9)50-68(70)82(100)92-55-60(4)47-71(92)83(93)101)114-29-17-13-16-28-113-74-51-69(62(6)48-72(74)103-8)87-53-67-46-59(3)54-91(67)57-94/h20-23,48,50-55,57-58,61,63,65,67,71,79,83,101H,10-19,24-47,49,56H2,1-9H3,(H,85,97)(H,86,95)(H,88,99)(H,89,98)(H,90,96)/t61?,63?,67?,71?,79-,83?/m0/s1. The van der Waals surface area contributed by atoms with Crippen molar-refractivity contribution in [2.45, 2.75) is 182 Å². The van der Waals surface area contributed by atoms with Crippen LogP contribution in [0.1, 0.15) is 159 Å². The Kier molecular flexibility index (Phi) is 42.2. The first-order chi connectivity index (χ1) is 55.7. The van der Waals surface area contributed by atoms with Crippen molar-refractivity contribution < 1.29 is 105 Å². The average molecular weight is 1610 g/mol. The number of benzene rings is 3. The number of aryl methyl sites for hydroxylation is 1. The van der Waals surface area contributed by atoms with Gasteiger partial charge in [0.25, 0.3) is 5.91 Å². The van der Waals surface area contributed by atoms with E-state index in [2.05, 4.69) is 33.5 Å². The van der Waals surface area contributed by atoms with Gasteiger partial charge in [-0.1, -0.05) is 89.0 Å². The van der Waals surface area contributed by atoms with Gasteiger partial charge in [0, 0.05) is 68.8 Å². The molecule has 3 aromatic carbocycles. The summed E-state index contributed by atoms with van der Waals surface area (Å²) in [5.74, 6) is 0.224. The van der Waals surface area contributed by atoms with Crippen LogP contribution in [0.5, 0.6) is 23.0 Å². The maximum atomic E-state index is 14.3. The molecule has 5 unspecified atom stereocenters. The zero-order valence-corrected chi connectivity index (χ0v) is 68.8. The van der Waals surface area contributed by atoms with Gasteiger partial charge in [0.2, 0.25) is 35.9 Å². The van der Waals surface area contributed by atoms with E-state index < -0.39 is 54.1 Å². The molecule has 1 saturated carbocycles. The van der Waals surface area contributed by atoms with E-state index >= 15 is 0 Å². The number of anilines is 2. The second-order valence-electron chi connectivity index (χ2n) is 29.5. The van der Waals surface area contributed by atoms with E-state index in [0.717, 1.165) is 28.0 Å². The van der Waals surface area contributed by atoms with Crippen molar-refractivity contribution in [2.24, 2.45) is 22.7 Å². The molecule has 1 aliphatic carbocycles. The molecule has 31 nitrogen and oxygen atoms in total. The molecule has 3 aliphatic heterocycles. The monoisotopic (exact) mass is 1610 g/mol. The van der Waals surface area contributed by atoms with Crippen molar-refractivity contribution in [1.29, 1.82) is 0 Å². The fraction of sp³-hybridized carbons (Fsp3) is 0.631. The van der Waals surface area contributed by atoms with Crippen LogP contribution in [-0.2, 0) is 78.0 Å². The highest BCUT2D eigenvalue weighted by Gasteiger charge is 2.45. The molecule has 4 aliphatic rings. The van der Waals surface area contributed by atoms with Crippen LogP contribution in [0.15, 0.2) is 77.1 Å². The van der Waals surface area contributed by atoms with Crippen LogP contribution in [0.2, 0.25) is 0 Å². The Hall–Kier alpha value is -8.79. The number of rotatable bonds is 54. The zero-order valence-electron chi connectivity index (χ0n) is 68.8. The maximum absolute atomic E-state index is 14.3. The summed E-state index contributed by atoms with van der Waals surface area (Å²) in [7, 11) is 3.02. The van der Waals surface area contributed by atoms with Crippen LogP contribution in [0.4, 0.5) is 21.9 Å². The van der Waals surface area contributed by atoms with E-state index in [1.54, 1.807) is 62.5 Å². The number of aliphatic imine (C=N–C) groups is 1. The predicted octanol–water partition coefficient (Wildman–Crippen LogP) is 9.19. The van der Waals surface area contributed by atoms with Crippen molar-refractivity contribution in [2.75, 3.05) is 156 Å². The number of nitrogens with one attached hydrogen (secondary N) is 5. The number of hydrogen-bond acceptors (Lipinski definition) is 23. The molecule has 0 spiro atoms. The zero-order chi connectivity index (χ0) is 82.7. The number of nitrogens with zero attached hydrogens (tertiary/aromatic N) is 4. The molecule has 0 aromatic heterocycles. The van der Waals surface area contributed by atoms with Crippen LogP contribution in [0, 0.1) is 24.7 Å². The summed E-state index contributed by atoms with van der Waals surface area (Å²) in [6, 6.07) is 10.3. The Bertz CT molecular complexity index is 3610. The number of unbranched alkanes of at least 4 members (excludes halogenated alkanes) is 2. The van der Waals surface area contributed by atoms with Crippen molar-refractivity contribution in [3.63, 3.8) is 0 Å². The second-order valence-corrected chi connectivity index (χ2v) is 29.5. The molecule has 31 heteroatoms. The van der Waals surface area contributed by atoms with Gasteiger partial charge in [-0.25, -0.2) is 9.69 Å². The third-order valence-electron chi connectivity index (χ3n) is 20.0. The van der Waals surface area contributed by atoms with Crippen molar-refractivity contribution in [3.8, 4) is 23.0 Å². The highest BCUT2D eigenvalue weighted by atomic mass is 16.6. The topological polar surface area (TPSA) is 359 Å². The lowest BCUT2D eigenvalue weighted by Gasteiger charge is -2.31. The van der Waals surface area contributed by atoms with Gasteiger partial charge in [0.05, 0.1) is 162 Å². The van der Waals surface area contributed by atoms with Crippen molar-refractivity contribution in [3.05, 3.63) is 88.8 Å². The fourth-order valence-corrected chi connectivity index (χ4v) is 13.5. The summed E-state index contributed by atoms with van der Waals surface area (Å²) in [5, 5.41) is 25.9. The van der Waals surface area contributed by atoms with Gasteiger partial charge in [-0.15, -0.1) is 0 Å². The van der Waals surface area contributed by atoms with Crippen LogP contribution in [-0.4, -0.2) is 246 Å². The molecule has 638 valence electrons. The first-order valence-corrected chi connectivity index (χ1v) is 40.6. The first-order valence-electron chi connectivity index (χ1n) is 40.6. The van der Waals surface area contributed by atoms with Gasteiger partial charge in [-0.2, -0.15) is 0 Å². The predicted molar refractivity (Wildman–Crippen MR) is 432 cm³/mol. The third-order valence-corrected chi connectivity index (χ3v) is 20.0. The maximum Gasteiger partial charge on any atom is 0.416 e. The van der Waals surface area contributed by atoms with Crippen molar-refractivity contribution in [1.82, 2.24) is 31.1 Å². The van der Waals surface area contributed by atoms with E-state index in [1.165, 1.54) is 76.0 Å². The van der Waals surface area contributed by atoms with Crippen LogP contribution < -0.4 is 50.4 Å². The summed E-state index contributed by atoms with van der Waals surface area (Å²) in [4.78, 5) is 113. The van der Waals surface area contributed by atoms with Crippen molar-refractivity contribution >= 4 is 71.2 Å². The number of amides is 8. The summed E-state index contributed by atoms with van der Waals surface area (Å²) in [6.45, 7) is 19.9. The van der Waals surface area contributed by atoms with Crippen LogP contribution >= 0.6 is 0 Å². The molecule has 0 saturated heterocycles. The first kappa shape index (κ1) is 93.4. The molecular weight excluding hydrogens is 1490 g/mol. The van der Waals surface area contributed by atoms with E-state index in [9.17, 15) is 43.5 Å². The highest BCUT2D eigenvalue weighted by Crippen LogP contribution is 2.43. The molecule has 3 aromatic rings. The Morgan fingerprint density at radius 2 is 1.13 bits per heavy atom. The van der Waals surface area contributed by atoms with Gasteiger partial charge in [0.15, 0.2) is 29.2 Å². The number of hydrogen-bond donors (Lipinski definition) is 6. The Morgan fingerprint density at radius 3 is 1.71 bits per heavy atom. The lowest BCUT2D eigenvalue weighted by molar-refractivity contribution is -0.132. The Balaban J connectivity index is 0.689. The van der Waals surface area contributed by atoms with E-state index in [-0.39, 0.29) is 92.4 Å². The Morgan fingerprint density at radius 1 is 0.583 bits per heavy atom. The van der Waals surface area contributed by atoms with Gasteiger partial charge in [-0.05, 0) is 113 Å². The molecule has 8 amide bonds. The number of carbonyl (C=O) groups excluding carboxylic acids is 8. The lowest BCUT2D eigenvalue weighted by Crippen LogP contribution is -2.53. The van der Waals surface area contributed by atoms with Gasteiger partial charge >= 0.3 is 6.09 Å². The summed E-state index contributed by atoms with van der Waals surface area (Å²) >= 11 is 0. The SMILES string of the molecule is COc1cc(C)c(N=CC2CC(C)=CN2C=O)cc1OCCCCCOc1cc2c(cc1OC)C(=O)N1C=C(C)CC1C(O)N2C(=O)OCc1ccc(NC(=O)C(C)NC(=O)[C@@H](NC(=O)CCOCCOCCOCCOCCOCCOCCOCCOCCNC(=O)CCNC(=O)CC(C)C2CCCCCCC2)C(C)C)cc1. The van der Waals surface area contributed by atoms with Gasteiger partial charge in [-0.3, -0.25) is 38.6 Å². The number of carbonyl (C=O) groups is 8. The number of ether oxygens (including phenoxy) is 13. The molecule has 0 radical (unpaired) electrons. The molecule has 7 rings (SSSR count). The van der Waals surface area contributed by atoms with Gasteiger partial charge in [0.1, 0.15) is 18.7 Å². The summed E-state index contributed by atoms with van der Waals surface area (Å²) < 4.78 is 74.0. The fourth-order valence-electron chi connectivity index (χ4n) is 13.5. The van der Waals surface area contributed by atoms with E-state index in [1.807, 2.05) is 39.1 Å². The largest absolute Gasteiger partial charge is 0.493 e. The molecule has 6 atom stereocenters. The Labute approximate surface area is 677 Å². The summed E-state index contributed by atoms with van der Waals surface area (Å²) in [5.41, 5.74) is 4.58. The minimum absolute atomic E-state index is 0.00916. The highest BCUT2D eigenvalue weighted by molar-refractivity contribution is 6.06. The second kappa shape index (κ2) is 52.0. The van der Waals surface area contributed by atoms with E-state index in [4.69, 9.17) is 66.6 Å². The van der Waals surface area contributed by atoms with Gasteiger partial charge < -0.3 is 103 Å². The third kappa shape index (κ3) is 32.7. The summed E-state index contributed by atoms with van der Waals surface area (Å²) in [6.07, 6.45) is 16.2. The molecular formula is C84H125N9O22. The number of methoxy groups -OCH3 is 2. The number of aliphatic hydroxyl groups excluding tert-OH is 1. The number of fused-ring (bicyclic) bond motifs is 2.